The summed E-state index contributed by atoms with van der Waals surface area (Å²) in [7, 11) is 0. The lowest BCUT2D eigenvalue weighted by molar-refractivity contribution is -0.154. The first-order valence-electron chi connectivity index (χ1n) is 14.4. The van der Waals surface area contributed by atoms with Crippen molar-refractivity contribution in [1.29, 1.82) is 0 Å². The Kier molecular flexibility index (Phi) is 10.2. The molecule has 0 spiro atoms. The van der Waals surface area contributed by atoms with Crippen LogP contribution in [0, 0.1) is 5.92 Å². The van der Waals surface area contributed by atoms with Crippen LogP contribution in [0.3, 0.4) is 0 Å². The van der Waals surface area contributed by atoms with E-state index in [4.69, 9.17) is 14.2 Å². The van der Waals surface area contributed by atoms with Gasteiger partial charge in [0.1, 0.15) is 43.2 Å². The summed E-state index contributed by atoms with van der Waals surface area (Å²) in [6, 6.07) is 15.1. The van der Waals surface area contributed by atoms with Crippen LogP contribution in [0.1, 0.15) is 71.3 Å². The zero-order valence-electron chi connectivity index (χ0n) is 23.9. The lowest BCUT2D eigenvalue weighted by atomic mass is 9.85. The van der Waals surface area contributed by atoms with Gasteiger partial charge in [-0.3, -0.25) is 24.6 Å². The van der Waals surface area contributed by atoms with Crippen LogP contribution in [0.25, 0.3) is 0 Å². The molecule has 1 aliphatic carbocycles. The van der Waals surface area contributed by atoms with Gasteiger partial charge in [-0.15, -0.1) is 0 Å². The minimum Gasteiger partial charge on any atom is -0.489 e. The quantitative estimate of drug-likeness (QED) is 0.407. The van der Waals surface area contributed by atoms with Crippen molar-refractivity contribution in [2.24, 2.45) is 5.92 Å². The fourth-order valence-electron chi connectivity index (χ4n) is 5.36. The van der Waals surface area contributed by atoms with Gasteiger partial charge in [0, 0.05) is 0 Å². The Morgan fingerprint density at radius 1 is 1.02 bits per heavy atom. The van der Waals surface area contributed by atoms with Gasteiger partial charge in [-0.1, -0.05) is 74.6 Å². The minimum atomic E-state index is -0.851. The summed E-state index contributed by atoms with van der Waals surface area (Å²) in [4.78, 5) is 41.4. The molecule has 0 saturated heterocycles. The first-order chi connectivity index (χ1) is 19.2. The van der Waals surface area contributed by atoms with Gasteiger partial charge in [0.15, 0.2) is 0 Å². The fraction of sp³-hybridized carbons (Fsp3) is 0.531. The average Bonchev–Trinajstić information content (AvgIpc) is 3.06. The van der Waals surface area contributed by atoms with E-state index in [1.807, 2.05) is 36.4 Å². The summed E-state index contributed by atoms with van der Waals surface area (Å²) in [5, 5.41) is 3.26. The molecule has 2 aliphatic rings. The lowest BCUT2D eigenvalue weighted by Crippen LogP contribution is -2.55. The number of carbonyl (C=O) groups is 3. The van der Waals surface area contributed by atoms with Crippen molar-refractivity contribution in [3.63, 3.8) is 0 Å². The van der Waals surface area contributed by atoms with Gasteiger partial charge >= 0.3 is 11.9 Å². The Balaban J connectivity index is 1.51. The second-order valence-electron chi connectivity index (χ2n) is 11.7. The van der Waals surface area contributed by atoms with Crippen LogP contribution in [-0.4, -0.2) is 48.7 Å². The van der Waals surface area contributed by atoms with Crippen molar-refractivity contribution in [3.8, 4) is 5.75 Å². The van der Waals surface area contributed by atoms with E-state index in [0.717, 1.165) is 24.8 Å². The number of esters is 2. The topological polar surface area (TPSA) is 94.2 Å². The number of ether oxygens (including phenoxy) is 3. The third kappa shape index (κ3) is 8.55. The number of hydrogen-bond donors (Lipinski definition) is 1. The summed E-state index contributed by atoms with van der Waals surface area (Å²) >= 11 is 0. The molecule has 2 atom stereocenters. The number of nitrogens with zero attached hydrogens (tertiary/aromatic N) is 1. The van der Waals surface area contributed by atoms with Crippen LogP contribution in [0.15, 0.2) is 54.6 Å². The van der Waals surface area contributed by atoms with Crippen molar-refractivity contribution in [3.05, 3.63) is 60.2 Å². The van der Waals surface area contributed by atoms with E-state index < -0.39 is 29.6 Å². The molecule has 40 heavy (non-hydrogen) atoms. The highest BCUT2D eigenvalue weighted by Gasteiger charge is 2.36. The molecule has 2 aromatic carbocycles. The molecule has 0 unspecified atom stereocenters. The van der Waals surface area contributed by atoms with Gasteiger partial charge in [-0.25, -0.2) is 0 Å². The molecule has 1 aliphatic heterocycles. The Bertz CT molecular complexity index is 1140. The SMILES string of the molecule is CC(C)(C)OC(=O)CN1C(=O)[C@@H](N[C@@H](CCC2CCCCC2)C(=O)OCc2ccccc2)COc2ccccc21. The molecule has 216 valence electrons. The molecular weight excluding hydrogens is 508 g/mol. The van der Waals surface area contributed by atoms with Crippen molar-refractivity contribution in [2.45, 2.75) is 90.0 Å². The standard InChI is InChI=1S/C32H42N2O6/c1-32(2,3)40-29(35)20-34-27-16-10-11-17-28(27)38-22-26(30(34)36)33-25(19-18-23-12-6-4-7-13-23)31(37)39-21-24-14-8-5-9-15-24/h5,8-11,14-17,23,25-26,33H,4,6-7,12-13,18-22H2,1-3H3/t25-,26-/m0/s1. The van der Waals surface area contributed by atoms with E-state index in [-0.39, 0.29) is 25.7 Å². The highest BCUT2D eigenvalue weighted by molar-refractivity contribution is 6.02. The summed E-state index contributed by atoms with van der Waals surface area (Å²) < 4.78 is 17.2. The molecule has 1 N–H and O–H groups in total. The fourth-order valence-corrected chi connectivity index (χ4v) is 5.36. The average molecular weight is 551 g/mol. The maximum absolute atomic E-state index is 13.9. The van der Waals surface area contributed by atoms with Gasteiger partial charge in [0.25, 0.3) is 0 Å². The second kappa shape index (κ2) is 13.8. The number of fused-ring (bicyclic) bond motifs is 1. The van der Waals surface area contributed by atoms with E-state index in [2.05, 4.69) is 5.32 Å². The number of rotatable bonds is 10. The van der Waals surface area contributed by atoms with Crippen LogP contribution in [-0.2, 0) is 30.5 Å². The molecule has 0 aromatic heterocycles. The number of benzene rings is 2. The number of para-hydroxylation sites is 2. The van der Waals surface area contributed by atoms with Gasteiger partial charge in [-0.2, -0.15) is 0 Å². The van der Waals surface area contributed by atoms with E-state index in [9.17, 15) is 14.4 Å². The summed E-state index contributed by atoms with van der Waals surface area (Å²) in [5.74, 6) is -0.210. The minimum absolute atomic E-state index is 0.0204. The largest absolute Gasteiger partial charge is 0.489 e. The summed E-state index contributed by atoms with van der Waals surface area (Å²) in [6.45, 7) is 5.27. The van der Waals surface area contributed by atoms with Crippen molar-refractivity contribution in [1.82, 2.24) is 5.32 Å². The lowest BCUT2D eigenvalue weighted by Gasteiger charge is -2.29. The zero-order chi connectivity index (χ0) is 28.5. The number of anilines is 1. The molecule has 1 heterocycles. The Morgan fingerprint density at radius 2 is 1.73 bits per heavy atom. The van der Waals surface area contributed by atoms with Gasteiger partial charge in [0.05, 0.1) is 5.69 Å². The molecule has 8 heteroatoms. The van der Waals surface area contributed by atoms with Crippen molar-refractivity contribution < 1.29 is 28.6 Å². The first-order valence-corrected chi connectivity index (χ1v) is 14.4. The highest BCUT2D eigenvalue weighted by atomic mass is 16.6. The zero-order valence-corrected chi connectivity index (χ0v) is 23.9. The molecule has 1 fully saturated rings. The molecule has 4 rings (SSSR count). The molecule has 8 nitrogen and oxygen atoms in total. The summed E-state index contributed by atoms with van der Waals surface area (Å²) in [6.07, 6.45) is 7.45. The Morgan fingerprint density at radius 3 is 2.45 bits per heavy atom. The maximum atomic E-state index is 13.9. The predicted molar refractivity (Wildman–Crippen MR) is 153 cm³/mol. The first kappa shape index (κ1) is 29.6. The van der Waals surface area contributed by atoms with Gasteiger partial charge in [0.2, 0.25) is 5.91 Å². The normalized spacial score (nSPS) is 18.7. The maximum Gasteiger partial charge on any atom is 0.326 e. The van der Waals surface area contributed by atoms with E-state index in [1.165, 1.54) is 24.2 Å². The predicted octanol–water partition coefficient (Wildman–Crippen LogP) is 5.18. The number of nitrogens with one attached hydrogen (secondary N) is 1. The van der Waals surface area contributed by atoms with E-state index in [0.29, 0.717) is 23.8 Å². The van der Waals surface area contributed by atoms with Gasteiger partial charge in [-0.05, 0) is 57.2 Å². The second-order valence-corrected chi connectivity index (χ2v) is 11.7. The monoisotopic (exact) mass is 550 g/mol. The molecular formula is C32H42N2O6. The summed E-state index contributed by atoms with van der Waals surface area (Å²) in [5.41, 5.74) is 0.703. The smallest absolute Gasteiger partial charge is 0.326 e. The molecule has 2 aromatic rings. The molecule has 1 saturated carbocycles. The van der Waals surface area contributed by atoms with Crippen LogP contribution in [0.4, 0.5) is 5.69 Å². The van der Waals surface area contributed by atoms with Crippen LogP contribution in [0.2, 0.25) is 0 Å². The van der Waals surface area contributed by atoms with Crippen LogP contribution in [0.5, 0.6) is 5.75 Å². The van der Waals surface area contributed by atoms with Crippen molar-refractivity contribution >= 4 is 23.5 Å². The molecule has 1 amide bonds. The van der Waals surface area contributed by atoms with Crippen LogP contribution < -0.4 is 15.0 Å². The van der Waals surface area contributed by atoms with Gasteiger partial charge < -0.3 is 14.2 Å². The van der Waals surface area contributed by atoms with Crippen LogP contribution >= 0.6 is 0 Å². The number of hydrogen-bond acceptors (Lipinski definition) is 7. The van der Waals surface area contributed by atoms with E-state index in [1.54, 1.807) is 39.0 Å². The van der Waals surface area contributed by atoms with E-state index >= 15 is 0 Å². The number of amides is 1. The molecule has 0 radical (unpaired) electrons. The van der Waals surface area contributed by atoms with Crippen molar-refractivity contribution in [2.75, 3.05) is 18.1 Å². The third-order valence-corrected chi connectivity index (χ3v) is 7.33. The third-order valence-electron chi connectivity index (χ3n) is 7.33. The Hall–Kier alpha value is -3.39. The molecule has 0 bridgehead atoms. The Labute approximate surface area is 237 Å². The highest BCUT2D eigenvalue weighted by Crippen LogP contribution is 2.32. The number of carbonyl (C=O) groups excluding carboxylic acids is 3.